The molecule has 10 nitrogen and oxygen atoms in total. The van der Waals surface area contributed by atoms with Crippen molar-refractivity contribution in [2.24, 2.45) is 0 Å². The van der Waals surface area contributed by atoms with Gasteiger partial charge in [0.05, 0.1) is 9.82 Å². The number of hydrazine groups is 1. The number of hydrogen-bond donors (Lipinski definition) is 3. The molecule has 3 N–H and O–H groups in total. The van der Waals surface area contributed by atoms with Gasteiger partial charge in [-0.15, -0.1) is 4.83 Å². The number of rotatable bonds is 8. The average molecular weight is 428 g/mol. The number of nitrogens with one attached hydrogen (secondary N) is 3. The van der Waals surface area contributed by atoms with E-state index in [0.717, 1.165) is 23.9 Å². The van der Waals surface area contributed by atoms with Gasteiger partial charge in [-0.3, -0.25) is 15.5 Å². The van der Waals surface area contributed by atoms with Crippen molar-refractivity contribution in [3.8, 4) is 0 Å². The van der Waals surface area contributed by atoms with Gasteiger partial charge in [0, 0.05) is 5.69 Å². The summed E-state index contributed by atoms with van der Waals surface area (Å²) in [6.07, 6.45) is 1.96. The molecule has 0 fully saturated rings. The summed E-state index contributed by atoms with van der Waals surface area (Å²) in [7, 11) is -3.96. The number of aryl methyl sites for hydroxylation is 2. The van der Waals surface area contributed by atoms with E-state index in [0.29, 0.717) is 5.69 Å². The Morgan fingerprint density at radius 1 is 1.00 bits per heavy atom. The van der Waals surface area contributed by atoms with Crippen LogP contribution in [0.5, 0.6) is 0 Å². The molecule has 3 aromatic rings. The van der Waals surface area contributed by atoms with Crippen molar-refractivity contribution < 1.29 is 13.3 Å². The van der Waals surface area contributed by atoms with Crippen molar-refractivity contribution in [3.05, 3.63) is 76.1 Å². The van der Waals surface area contributed by atoms with Gasteiger partial charge in [-0.2, -0.15) is 0 Å². The van der Waals surface area contributed by atoms with Crippen LogP contribution in [-0.2, 0) is 16.4 Å². The number of aromatic nitrogens is 2. The zero-order valence-corrected chi connectivity index (χ0v) is 17.1. The number of nitro groups is 1. The first kappa shape index (κ1) is 21.1. The maximum Gasteiger partial charge on any atom is 0.354 e. The molecule has 0 saturated heterocycles. The third-order valence-corrected chi connectivity index (χ3v) is 5.53. The molecule has 1 heterocycles. The third-order valence-electron chi connectivity index (χ3n) is 4.26. The summed E-state index contributed by atoms with van der Waals surface area (Å²) in [6, 6.07) is 13.5. The monoisotopic (exact) mass is 428 g/mol. The highest BCUT2D eigenvalue weighted by Crippen LogP contribution is 2.31. The van der Waals surface area contributed by atoms with Gasteiger partial charge in [0.15, 0.2) is 0 Å². The van der Waals surface area contributed by atoms with Crippen LogP contribution in [0.2, 0.25) is 0 Å². The molecular weight excluding hydrogens is 408 g/mol. The molecule has 2 aromatic carbocycles. The van der Waals surface area contributed by atoms with E-state index in [1.54, 1.807) is 24.3 Å². The van der Waals surface area contributed by atoms with Crippen molar-refractivity contribution in [1.82, 2.24) is 14.8 Å². The first-order chi connectivity index (χ1) is 14.3. The Balaban J connectivity index is 1.85. The molecule has 0 aliphatic carbocycles. The van der Waals surface area contributed by atoms with Gasteiger partial charge in [0.25, 0.3) is 10.0 Å². The normalized spacial score (nSPS) is 11.1. The van der Waals surface area contributed by atoms with Crippen molar-refractivity contribution >= 4 is 33.0 Å². The summed E-state index contributed by atoms with van der Waals surface area (Å²) < 4.78 is 24.9. The van der Waals surface area contributed by atoms with Crippen LogP contribution in [0.4, 0.5) is 23.0 Å². The molecule has 0 bridgehead atoms. The number of nitrogens with zero attached hydrogens (tertiary/aromatic N) is 3. The summed E-state index contributed by atoms with van der Waals surface area (Å²) in [6.45, 7) is 3.85. The van der Waals surface area contributed by atoms with E-state index >= 15 is 0 Å². The average Bonchev–Trinajstić information content (AvgIpc) is 2.73. The van der Waals surface area contributed by atoms with Crippen LogP contribution >= 0.6 is 0 Å². The van der Waals surface area contributed by atoms with Gasteiger partial charge in [-0.05, 0) is 43.2 Å². The Morgan fingerprint density at radius 2 is 1.63 bits per heavy atom. The molecule has 11 heteroatoms. The summed E-state index contributed by atoms with van der Waals surface area (Å²) in [5, 5.41) is 14.5. The second kappa shape index (κ2) is 8.84. The number of benzene rings is 2. The minimum Gasteiger partial charge on any atom is -0.334 e. The summed E-state index contributed by atoms with van der Waals surface area (Å²) >= 11 is 0. The smallest absolute Gasteiger partial charge is 0.334 e. The quantitative estimate of drug-likeness (QED) is 0.367. The second-order valence-corrected chi connectivity index (χ2v) is 8.08. The zero-order valence-electron chi connectivity index (χ0n) is 16.3. The lowest BCUT2D eigenvalue weighted by Crippen LogP contribution is -2.30. The Kier molecular flexibility index (Phi) is 6.23. The molecule has 156 valence electrons. The lowest BCUT2D eigenvalue weighted by molar-refractivity contribution is -0.383. The van der Waals surface area contributed by atoms with Gasteiger partial charge in [-0.1, -0.05) is 36.8 Å². The summed E-state index contributed by atoms with van der Waals surface area (Å²) in [5.41, 5.74) is 4.44. The topological polar surface area (TPSA) is 139 Å². The van der Waals surface area contributed by atoms with Crippen LogP contribution < -0.4 is 15.6 Å². The maximum atomic E-state index is 12.4. The van der Waals surface area contributed by atoms with Crippen LogP contribution in [0.15, 0.2) is 59.8 Å². The molecule has 0 aliphatic heterocycles. The molecule has 0 aliphatic rings. The SMILES string of the molecule is CCc1ccc(Nc2ncnc(NNS(=O)(=O)c3ccc(C)cc3)c2[N+](=O)[O-])cc1. The fourth-order valence-electron chi connectivity index (χ4n) is 2.59. The number of hydrogen-bond acceptors (Lipinski definition) is 8. The highest BCUT2D eigenvalue weighted by atomic mass is 32.2. The van der Waals surface area contributed by atoms with Crippen LogP contribution in [0, 0.1) is 17.0 Å². The minimum absolute atomic E-state index is 0.00618. The van der Waals surface area contributed by atoms with E-state index in [4.69, 9.17) is 0 Å². The van der Waals surface area contributed by atoms with E-state index in [1.165, 1.54) is 12.1 Å². The highest BCUT2D eigenvalue weighted by molar-refractivity contribution is 7.89. The van der Waals surface area contributed by atoms with Crippen LogP contribution in [0.1, 0.15) is 18.1 Å². The molecule has 0 spiro atoms. The second-order valence-electron chi connectivity index (χ2n) is 6.40. The van der Waals surface area contributed by atoms with Crippen molar-refractivity contribution in [1.29, 1.82) is 0 Å². The molecule has 0 saturated carbocycles. The lowest BCUT2D eigenvalue weighted by atomic mass is 10.1. The zero-order chi connectivity index (χ0) is 21.7. The molecule has 1 aromatic heterocycles. The Labute approximate surface area is 173 Å². The van der Waals surface area contributed by atoms with Crippen LogP contribution in [0.25, 0.3) is 0 Å². The standard InChI is InChI=1S/C19H20N6O4S/c1-3-14-6-8-15(9-7-14)22-18-17(25(26)27)19(21-12-20-18)23-24-30(28,29)16-10-4-13(2)5-11-16/h4-12,24H,3H2,1-2H3,(H2,20,21,22,23). The van der Waals surface area contributed by atoms with E-state index in [2.05, 4.69) is 25.5 Å². The molecular formula is C19H20N6O4S. The molecule has 0 amide bonds. The third kappa shape index (κ3) is 4.88. The predicted molar refractivity (Wildman–Crippen MR) is 113 cm³/mol. The maximum absolute atomic E-state index is 12.4. The van der Waals surface area contributed by atoms with Crippen LogP contribution in [-0.4, -0.2) is 23.3 Å². The fourth-order valence-corrected chi connectivity index (χ4v) is 3.43. The summed E-state index contributed by atoms with van der Waals surface area (Å²) in [4.78, 5) is 20.8. The molecule has 0 unspecified atom stereocenters. The molecule has 30 heavy (non-hydrogen) atoms. The van der Waals surface area contributed by atoms with E-state index in [-0.39, 0.29) is 16.5 Å². The first-order valence-electron chi connectivity index (χ1n) is 9.00. The van der Waals surface area contributed by atoms with Crippen LogP contribution in [0.3, 0.4) is 0 Å². The van der Waals surface area contributed by atoms with Crippen molar-refractivity contribution in [3.63, 3.8) is 0 Å². The first-order valence-corrected chi connectivity index (χ1v) is 10.5. The van der Waals surface area contributed by atoms with Crippen molar-refractivity contribution in [2.45, 2.75) is 25.2 Å². The van der Waals surface area contributed by atoms with Gasteiger partial charge in [-0.25, -0.2) is 18.4 Å². The molecule has 0 atom stereocenters. The molecule has 3 rings (SSSR count). The Morgan fingerprint density at radius 3 is 2.23 bits per heavy atom. The fraction of sp³-hybridized carbons (Fsp3) is 0.158. The number of anilines is 3. The van der Waals surface area contributed by atoms with E-state index < -0.39 is 20.6 Å². The summed E-state index contributed by atoms with van der Waals surface area (Å²) in [5.74, 6) is -0.366. The minimum atomic E-state index is -3.96. The lowest BCUT2D eigenvalue weighted by Gasteiger charge is -2.11. The van der Waals surface area contributed by atoms with Gasteiger partial charge in [0.2, 0.25) is 11.6 Å². The highest BCUT2D eigenvalue weighted by Gasteiger charge is 2.25. The molecule has 0 radical (unpaired) electrons. The largest absolute Gasteiger partial charge is 0.354 e. The van der Waals surface area contributed by atoms with E-state index in [1.807, 2.05) is 26.0 Å². The Hall–Kier alpha value is -3.57. The predicted octanol–water partition coefficient (Wildman–Crippen LogP) is 3.30. The number of sulfonamides is 1. The van der Waals surface area contributed by atoms with Gasteiger partial charge in [0.1, 0.15) is 6.33 Å². The Bertz CT molecular complexity index is 1150. The van der Waals surface area contributed by atoms with Gasteiger partial charge < -0.3 is 5.32 Å². The van der Waals surface area contributed by atoms with E-state index in [9.17, 15) is 18.5 Å². The van der Waals surface area contributed by atoms with Crippen molar-refractivity contribution in [2.75, 3.05) is 10.7 Å². The van der Waals surface area contributed by atoms with Gasteiger partial charge >= 0.3 is 5.69 Å².